The van der Waals surface area contributed by atoms with Crippen molar-refractivity contribution in [1.82, 2.24) is 4.90 Å². The molecule has 1 atom stereocenters. The van der Waals surface area contributed by atoms with E-state index in [1.165, 1.54) is 11.0 Å². The van der Waals surface area contributed by atoms with Crippen LogP contribution >= 0.6 is 0 Å². The largest absolute Gasteiger partial charge is 0.389 e. The van der Waals surface area contributed by atoms with Gasteiger partial charge >= 0.3 is 0 Å². The van der Waals surface area contributed by atoms with E-state index in [9.17, 15) is 14.3 Å². The first-order valence-electron chi connectivity index (χ1n) is 6.30. The minimum atomic E-state index is -0.783. The van der Waals surface area contributed by atoms with Crippen molar-refractivity contribution < 1.29 is 14.3 Å². The van der Waals surface area contributed by atoms with Crippen molar-refractivity contribution in [3.05, 3.63) is 29.6 Å². The summed E-state index contributed by atoms with van der Waals surface area (Å²) < 4.78 is 14.0. The highest BCUT2D eigenvalue weighted by Crippen LogP contribution is 2.29. The molecule has 0 bridgehead atoms. The molecule has 106 valence electrons. The zero-order valence-corrected chi connectivity index (χ0v) is 11.9. The quantitative estimate of drug-likeness (QED) is 0.885. The van der Waals surface area contributed by atoms with Gasteiger partial charge in [-0.15, -0.1) is 0 Å². The number of halogens is 1. The zero-order valence-electron chi connectivity index (χ0n) is 11.9. The van der Waals surface area contributed by atoms with Gasteiger partial charge in [0.1, 0.15) is 5.82 Å². The van der Waals surface area contributed by atoms with Crippen LogP contribution in [0.15, 0.2) is 18.2 Å². The summed E-state index contributed by atoms with van der Waals surface area (Å²) in [5.41, 5.74) is 0.795. The Bertz CT molecular complexity index is 447. The summed E-state index contributed by atoms with van der Waals surface area (Å²) >= 11 is 0. The van der Waals surface area contributed by atoms with Crippen molar-refractivity contribution in [2.45, 2.75) is 20.0 Å². The molecule has 0 saturated carbocycles. The molecule has 0 heterocycles. The van der Waals surface area contributed by atoms with Crippen molar-refractivity contribution in [1.29, 1.82) is 0 Å². The maximum atomic E-state index is 14.0. The minimum absolute atomic E-state index is 0.0875. The molecule has 0 aliphatic carbocycles. The fourth-order valence-corrected chi connectivity index (χ4v) is 1.86. The molecular formula is C14H21FN2O2. The number of anilines is 1. The summed E-state index contributed by atoms with van der Waals surface area (Å²) in [7, 11) is 3.32. The van der Waals surface area contributed by atoms with Crippen molar-refractivity contribution >= 4 is 11.6 Å². The van der Waals surface area contributed by atoms with Crippen LogP contribution in [0.2, 0.25) is 0 Å². The van der Waals surface area contributed by atoms with Crippen LogP contribution in [0.5, 0.6) is 0 Å². The van der Waals surface area contributed by atoms with E-state index in [-0.39, 0.29) is 12.5 Å². The van der Waals surface area contributed by atoms with Crippen molar-refractivity contribution in [3.63, 3.8) is 0 Å². The van der Waals surface area contributed by atoms with Gasteiger partial charge in [-0.05, 0) is 19.9 Å². The number of nitrogens with zero attached hydrogens (tertiary/aromatic N) is 2. The molecule has 1 rings (SSSR count). The second-order valence-electron chi connectivity index (χ2n) is 4.66. The van der Waals surface area contributed by atoms with Gasteiger partial charge in [0.25, 0.3) is 0 Å². The maximum Gasteiger partial charge on any atom is 0.241 e. The first-order valence-corrected chi connectivity index (χ1v) is 6.30. The third kappa shape index (κ3) is 3.67. The Hall–Kier alpha value is -1.62. The molecule has 0 aliphatic heterocycles. The van der Waals surface area contributed by atoms with Crippen LogP contribution in [0.25, 0.3) is 0 Å². The summed E-state index contributed by atoms with van der Waals surface area (Å²) in [5.74, 6) is -0.534. The second kappa shape index (κ2) is 6.52. The molecule has 0 aromatic heterocycles. The number of aliphatic hydroxyl groups excluding tert-OH is 1. The van der Waals surface area contributed by atoms with E-state index in [0.29, 0.717) is 17.8 Å². The Balaban J connectivity index is 3.14. The van der Waals surface area contributed by atoms with E-state index < -0.39 is 11.9 Å². The molecule has 0 radical (unpaired) electrons. The summed E-state index contributed by atoms with van der Waals surface area (Å²) in [5, 5.41) is 9.73. The van der Waals surface area contributed by atoms with E-state index in [4.69, 9.17) is 0 Å². The summed E-state index contributed by atoms with van der Waals surface area (Å²) in [6.07, 6.45) is -0.783. The first kappa shape index (κ1) is 15.4. The molecule has 1 amide bonds. The molecule has 0 unspecified atom stereocenters. The van der Waals surface area contributed by atoms with Crippen LogP contribution in [-0.2, 0) is 4.79 Å². The summed E-state index contributed by atoms with van der Waals surface area (Å²) in [4.78, 5) is 14.9. The van der Waals surface area contributed by atoms with Gasteiger partial charge in [0.05, 0.1) is 18.3 Å². The number of rotatable bonds is 5. The van der Waals surface area contributed by atoms with Gasteiger partial charge < -0.3 is 14.9 Å². The van der Waals surface area contributed by atoms with Crippen molar-refractivity contribution in [3.8, 4) is 0 Å². The molecule has 0 saturated heterocycles. The Kier molecular flexibility index (Phi) is 5.30. The van der Waals surface area contributed by atoms with Gasteiger partial charge in [0.2, 0.25) is 5.91 Å². The third-order valence-electron chi connectivity index (χ3n) is 2.99. The lowest BCUT2D eigenvalue weighted by Gasteiger charge is -2.27. The lowest BCUT2D eigenvalue weighted by atomic mass is 10.1. The number of aliphatic hydroxyl groups is 1. The molecular weight excluding hydrogens is 247 g/mol. The number of benzene rings is 1. The van der Waals surface area contributed by atoms with Crippen molar-refractivity contribution in [2.24, 2.45) is 0 Å². The molecule has 19 heavy (non-hydrogen) atoms. The van der Waals surface area contributed by atoms with Gasteiger partial charge in [-0.3, -0.25) is 4.79 Å². The standard InChI is InChI=1S/C14H21FN2O2/c1-5-17(9-13(19)16(3)4)14-11(10(2)18)7-6-8-12(14)15/h6-8,10,18H,5,9H2,1-4H3/t10-/m0/s1. The lowest BCUT2D eigenvalue weighted by molar-refractivity contribution is -0.127. The first-order chi connectivity index (χ1) is 8.88. The number of carbonyl (C=O) groups is 1. The summed E-state index contributed by atoms with van der Waals surface area (Å²) in [6.45, 7) is 4.01. The van der Waals surface area contributed by atoms with Crippen LogP contribution in [0.1, 0.15) is 25.5 Å². The normalized spacial score (nSPS) is 12.1. The van der Waals surface area contributed by atoms with Crippen LogP contribution in [0, 0.1) is 5.82 Å². The Morgan fingerprint density at radius 1 is 1.42 bits per heavy atom. The average molecular weight is 268 g/mol. The smallest absolute Gasteiger partial charge is 0.241 e. The van der Waals surface area contributed by atoms with Crippen LogP contribution in [-0.4, -0.2) is 43.1 Å². The highest BCUT2D eigenvalue weighted by Gasteiger charge is 2.20. The zero-order chi connectivity index (χ0) is 14.6. The molecule has 1 aromatic carbocycles. The molecule has 1 N–H and O–H groups in total. The monoisotopic (exact) mass is 268 g/mol. The highest BCUT2D eigenvalue weighted by atomic mass is 19.1. The number of hydrogen-bond acceptors (Lipinski definition) is 3. The van der Waals surface area contributed by atoms with E-state index in [1.807, 2.05) is 6.92 Å². The molecule has 0 spiro atoms. The van der Waals surface area contributed by atoms with Gasteiger partial charge in [-0.1, -0.05) is 12.1 Å². The SMILES string of the molecule is CCN(CC(=O)N(C)C)c1c(F)cccc1[C@H](C)O. The van der Waals surface area contributed by atoms with E-state index in [1.54, 1.807) is 38.1 Å². The number of carbonyl (C=O) groups excluding carboxylic acids is 1. The fraction of sp³-hybridized carbons (Fsp3) is 0.500. The van der Waals surface area contributed by atoms with E-state index in [0.717, 1.165) is 0 Å². The molecule has 1 aromatic rings. The topological polar surface area (TPSA) is 43.8 Å². The number of hydrogen-bond donors (Lipinski definition) is 1. The van der Waals surface area contributed by atoms with Gasteiger partial charge in [-0.2, -0.15) is 0 Å². The molecule has 0 aliphatic rings. The Morgan fingerprint density at radius 2 is 2.05 bits per heavy atom. The third-order valence-corrected chi connectivity index (χ3v) is 2.99. The average Bonchev–Trinajstić information content (AvgIpc) is 2.35. The van der Waals surface area contributed by atoms with Gasteiger partial charge in [0.15, 0.2) is 0 Å². The van der Waals surface area contributed by atoms with Crippen LogP contribution in [0.3, 0.4) is 0 Å². The number of amides is 1. The summed E-state index contributed by atoms with van der Waals surface area (Å²) in [6, 6.07) is 4.57. The Labute approximate surface area is 113 Å². The lowest BCUT2D eigenvalue weighted by Crippen LogP contribution is -2.37. The van der Waals surface area contributed by atoms with Gasteiger partial charge in [0, 0.05) is 26.2 Å². The predicted octanol–water partition coefficient (Wildman–Crippen LogP) is 1.79. The van der Waals surface area contributed by atoms with E-state index in [2.05, 4.69) is 0 Å². The molecule has 0 fully saturated rings. The fourth-order valence-electron chi connectivity index (χ4n) is 1.86. The van der Waals surface area contributed by atoms with E-state index >= 15 is 0 Å². The number of likely N-dealkylation sites (N-methyl/N-ethyl adjacent to an activating group) is 2. The molecule has 4 nitrogen and oxygen atoms in total. The second-order valence-corrected chi connectivity index (χ2v) is 4.66. The predicted molar refractivity (Wildman–Crippen MR) is 73.6 cm³/mol. The Morgan fingerprint density at radius 3 is 2.53 bits per heavy atom. The minimum Gasteiger partial charge on any atom is -0.389 e. The highest BCUT2D eigenvalue weighted by molar-refractivity contribution is 5.81. The number of para-hydroxylation sites is 1. The molecule has 5 heteroatoms. The van der Waals surface area contributed by atoms with Crippen LogP contribution < -0.4 is 4.90 Å². The van der Waals surface area contributed by atoms with Crippen molar-refractivity contribution in [2.75, 3.05) is 32.1 Å². The maximum absolute atomic E-state index is 14.0. The van der Waals surface area contributed by atoms with Crippen LogP contribution in [0.4, 0.5) is 10.1 Å². The van der Waals surface area contributed by atoms with Gasteiger partial charge in [-0.25, -0.2) is 4.39 Å².